The van der Waals surface area contributed by atoms with Crippen molar-refractivity contribution < 1.29 is 28.9 Å². The van der Waals surface area contributed by atoms with E-state index in [1.54, 1.807) is 24.3 Å². The number of methoxy groups -OCH3 is 1. The Bertz CT molecular complexity index is 552. The van der Waals surface area contributed by atoms with E-state index in [1.165, 1.54) is 7.11 Å². The van der Waals surface area contributed by atoms with E-state index in [9.17, 15) is 14.7 Å². The second kappa shape index (κ2) is 9.12. The quantitative estimate of drug-likeness (QED) is 0.713. The standard InChI is InChI=1S/C17H25NO6/c1-17(2,3)24-10-9-12(16(20)21)18-15(19)11-23-14-8-6-5-7-13(14)22-4/h5-8,12H,9-11H2,1-4H3,(H,18,19)(H,20,21). The molecule has 1 unspecified atom stereocenters. The van der Waals surface area contributed by atoms with Gasteiger partial charge < -0.3 is 24.6 Å². The van der Waals surface area contributed by atoms with E-state index >= 15 is 0 Å². The van der Waals surface area contributed by atoms with Crippen LogP contribution in [-0.2, 0) is 14.3 Å². The number of rotatable bonds is 9. The third-order valence-electron chi connectivity index (χ3n) is 3.00. The van der Waals surface area contributed by atoms with Crippen LogP contribution in [0.3, 0.4) is 0 Å². The minimum atomic E-state index is -1.11. The van der Waals surface area contributed by atoms with E-state index < -0.39 is 17.9 Å². The Hall–Kier alpha value is -2.28. The molecule has 0 fully saturated rings. The van der Waals surface area contributed by atoms with Gasteiger partial charge in [0.2, 0.25) is 0 Å². The summed E-state index contributed by atoms with van der Waals surface area (Å²) in [5.74, 6) is -0.723. The van der Waals surface area contributed by atoms with E-state index in [0.29, 0.717) is 11.5 Å². The monoisotopic (exact) mass is 339 g/mol. The van der Waals surface area contributed by atoms with E-state index in [1.807, 2.05) is 20.8 Å². The third-order valence-corrected chi connectivity index (χ3v) is 3.00. The molecule has 0 saturated heterocycles. The molecule has 2 N–H and O–H groups in total. The zero-order valence-corrected chi connectivity index (χ0v) is 14.5. The van der Waals surface area contributed by atoms with Crippen molar-refractivity contribution in [3.8, 4) is 11.5 Å². The molecule has 0 aliphatic carbocycles. The van der Waals surface area contributed by atoms with Crippen LogP contribution in [0.2, 0.25) is 0 Å². The molecule has 24 heavy (non-hydrogen) atoms. The van der Waals surface area contributed by atoms with Gasteiger partial charge in [-0.05, 0) is 32.9 Å². The topological polar surface area (TPSA) is 94.1 Å². The molecule has 1 aromatic rings. The van der Waals surface area contributed by atoms with Crippen molar-refractivity contribution in [2.75, 3.05) is 20.3 Å². The van der Waals surface area contributed by atoms with Gasteiger partial charge in [-0.2, -0.15) is 0 Å². The molecular formula is C17H25NO6. The zero-order chi connectivity index (χ0) is 18.2. The third kappa shape index (κ3) is 7.32. The van der Waals surface area contributed by atoms with Crippen molar-refractivity contribution in [2.45, 2.75) is 38.8 Å². The molecule has 0 aliphatic heterocycles. The van der Waals surface area contributed by atoms with Gasteiger partial charge in [0.1, 0.15) is 6.04 Å². The highest BCUT2D eigenvalue weighted by molar-refractivity contribution is 5.84. The van der Waals surface area contributed by atoms with Crippen molar-refractivity contribution in [1.29, 1.82) is 0 Å². The summed E-state index contributed by atoms with van der Waals surface area (Å²) in [7, 11) is 1.50. The molecular weight excluding hydrogens is 314 g/mol. The summed E-state index contributed by atoms with van der Waals surface area (Å²) < 4.78 is 16.0. The number of carbonyl (C=O) groups excluding carboxylic acids is 1. The van der Waals surface area contributed by atoms with E-state index in [2.05, 4.69) is 5.32 Å². The Balaban J connectivity index is 2.49. The first-order chi connectivity index (χ1) is 11.2. The zero-order valence-electron chi connectivity index (χ0n) is 14.5. The molecule has 0 radical (unpaired) electrons. The number of carbonyl (C=O) groups is 2. The molecule has 0 aliphatic rings. The second-order valence-electron chi connectivity index (χ2n) is 6.15. The summed E-state index contributed by atoms with van der Waals surface area (Å²) in [5.41, 5.74) is -0.361. The van der Waals surface area contributed by atoms with Crippen LogP contribution in [0.25, 0.3) is 0 Å². The van der Waals surface area contributed by atoms with Crippen LogP contribution in [0, 0.1) is 0 Å². The lowest BCUT2D eigenvalue weighted by Gasteiger charge is -2.21. The van der Waals surface area contributed by atoms with Gasteiger partial charge in [-0.1, -0.05) is 12.1 Å². The summed E-state index contributed by atoms with van der Waals surface area (Å²) >= 11 is 0. The number of carboxylic acids is 1. The lowest BCUT2D eigenvalue weighted by atomic mass is 10.2. The lowest BCUT2D eigenvalue weighted by Crippen LogP contribution is -2.44. The number of hydrogen-bond donors (Lipinski definition) is 2. The summed E-state index contributed by atoms with van der Waals surface area (Å²) in [6.07, 6.45) is 0.174. The fourth-order valence-electron chi connectivity index (χ4n) is 1.86. The summed E-state index contributed by atoms with van der Waals surface area (Å²) in [6.45, 7) is 5.56. The molecule has 0 bridgehead atoms. The first-order valence-corrected chi connectivity index (χ1v) is 7.65. The first kappa shape index (κ1) is 19.8. The van der Waals surface area contributed by atoms with Crippen LogP contribution in [0.1, 0.15) is 27.2 Å². The molecule has 0 heterocycles. The largest absolute Gasteiger partial charge is 0.493 e. The Morgan fingerprint density at radius 3 is 2.38 bits per heavy atom. The van der Waals surface area contributed by atoms with Crippen LogP contribution in [0.15, 0.2) is 24.3 Å². The molecule has 1 atom stereocenters. The maximum absolute atomic E-state index is 11.9. The minimum absolute atomic E-state index is 0.174. The Morgan fingerprint density at radius 2 is 1.83 bits per heavy atom. The molecule has 0 spiro atoms. The van der Waals surface area contributed by atoms with Crippen molar-refractivity contribution in [1.82, 2.24) is 5.32 Å². The van der Waals surface area contributed by atoms with Gasteiger partial charge in [0.15, 0.2) is 18.1 Å². The molecule has 0 aromatic heterocycles. The lowest BCUT2D eigenvalue weighted by molar-refractivity contribution is -0.143. The molecule has 134 valence electrons. The molecule has 1 rings (SSSR count). The van der Waals surface area contributed by atoms with Gasteiger partial charge >= 0.3 is 5.97 Å². The Morgan fingerprint density at radius 1 is 1.21 bits per heavy atom. The molecule has 7 heteroatoms. The Kier molecular flexibility index (Phi) is 7.51. The Labute approximate surface area is 141 Å². The highest BCUT2D eigenvalue weighted by Crippen LogP contribution is 2.25. The van der Waals surface area contributed by atoms with E-state index in [4.69, 9.17) is 14.2 Å². The molecule has 0 saturated carbocycles. The van der Waals surface area contributed by atoms with Crippen LogP contribution < -0.4 is 14.8 Å². The fourth-order valence-corrected chi connectivity index (χ4v) is 1.86. The van der Waals surface area contributed by atoms with Crippen LogP contribution >= 0.6 is 0 Å². The number of carboxylic acid groups (broad SMARTS) is 1. The SMILES string of the molecule is COc1ccccc1OCC(=O)NC(CCOC(C)(C)C)C(=O)O. The highest BCUT2D eigenvalue weighted by Gasteiger charge is 2.21. The number of nitrogens with one attached hydrogen (secondary N) is 1. The average molecular weight is 339 g/mol. The highest BCUT2D eigenvalue weighted by atomic mass is 16.5. The predicted molar refractivity (Wildman–Crippen MR) is 88.4 cm³/mol. The van der Waals surface area contributed by atoms with E-state index in [-0.39, 0.29) is 25.2 Å². The van der Waals surface area contributed by atoms with Crippen molar-refractivity contribution in [2.24, 2.45) is 0 Å². The van der Waals surface area contributed by atoms with Crippen LogP contribution in [-0.4, -0.2) is 48.9 Å². The number of aliphatic carboxylic acids is 1. The maximum Gasteiger partial charge on any atom is 0.326 e. The summed E-state index contributed by atoms with van der Waals surface area (Å²) in [5, 5.41) is 11.6. The number of hydrogen-bond acceptors (Lipinski definition) is 5. The number of ether oxygens (including phenoxy) is 3. The minimum Gasteiger partial charge on any atom is -0.493 e. The maximum atomic E-state index is 11.9. The van der Waals surface area contributed by atoms with Crippen molar-refractivity contribution >= 4 is 11.9 Å². The van der Waals surface area contributed by atoms with Crippen LogP contribution in [0.4, 0.5) is 0 Å². The van der Waals surface area contributed by atoms with Gasteiger partial charge in [-0.15, -0.1) is 0 Å². The van der Waals surface area contributed by atoms with Gasteiger partial charge in [-0.3, -0.25) is 4.79 Å². The van der Waals surface area contributed by atoms with Gasteiger partial charge in [-0.25, -0.2) is 4.79 Å². The number of amides is 1. The average Bonchev–Trinajstić information content (AvgIpc) is 2.50. The first-order valence-electron chi connectivity index (χ1n) is 7.65. The predicted octanol–water partition coefficient (Wildman–Crippen LogP) is 1.85. The number of benzene rings is 1. The summed E-state index contributed by atoms with van der Waals surface area (Å²) in [6, 6.07) is 5.87. The second-order valence-corrected chi connectivity index (χ2v) is 6.15. The van der Waals surface area contributed by atoms with Crippen molar-refractivity contribution in [3.63, 3.8) is 0 Å². The smallest absolute Gasteiger partial charge is 0.326 e. The van der Waals surface area contributed by atoms with E-state index in [0.717, 1.165) is 0 Å². The van der Waals surface area contributed by atoms with Gasteiger partial charge in [0, 0.05) is 13.0 Å². The molecule has 1 amide bonds. The fraction of sp³-hybridized carbons (Fsp3) is 0.529. The molecule has 1 aromatic carbocycles. The van der Waals surface area contributed by atoms with Gasteiger partial charge in [0.25, 0.3) is 5.91 Å². The van der Waals surface area contributed by atoms with Crippen LogP contribution in [0.5, 0.6) is 11.5 Å². The van der Waals surface area contributed by atoms with Crippen molar-refractivity contribution in [3.05, 3.63) is 24.3 Å². The number of para-hydroxylation sites is 2. The normalized spacial score (nSPS) is 12.3. The van der Waals surface area contributed by atoms with Gasteiger partial charge in [0.05, 0.1) is 12.7 Å². The summed E-state index contributed by atoms with van der Waals surface area (Å²) in [4.78, 5) is 23.1. The molecule has 7 nitrogen and oxygen atoms in total.